The standard InChI is InChI=1S/C17H23NO3S2/c1-12(2)10-18(11-15(19)20)16(21)13-4-6-14(7-5-13)17-22-8-3-9-23-17/h4-7,12,17H,3,8-11H2,1-2H3,(H,19,20). The third kappa shape index (κ3) is 5.46. The molecule has 6 heteroatoms. The highest BCUT2D eigenvalue weighted by Gasteiger charge is 2.21. The van der Waals surface area contributed by atoms with Crippen LogP contribution in [0.4, 0.5) is 0 Å². The van der Waals surface area contributed by atoms with Crippen LogP contribution in [0.15, 0.2) is 24.3 Å². The number of carbonyl (C=O) groups excluding carboxylic acids is 1. The quantitative estimate of drug-likeness (QED) is 0.844. The Hall–Kier alpha value is -1.14. The highest BCUT2D eigenvalue weighted by molar-refractivity contribution is 8.16. The first kappa shape index (κ1) is 18.2. The summed E-state index contributed by atoms with van der Waals surface area (Å²) in [5.74, 6) is 1.40. The van der Waals surface area contributed by atoms with Crippen LogP contribution in [0.25, 0.3) is 0 Å². The minimum atomic E-state index is -0.981. The molecule has 126 valence electrons. The molecule has 1 fully saturated rings. The zero-order valence-corrected chi connectivity index (χ0v) is 15.2. The van der Waals surface area contributed by atoms with E-state index in [9.17, 15) is 9.59 Å². The molecule has 1 heterocycles. The fraction of sp³-hybridized carbons (Fsp3) is 0.529. The van der Waals surface area contributed by atoms with Crippen LogP contribution >= 0.6 is 23.5 Å². The van der Waals surface area contributed by atoms with Gasteiger partial charge in [0.1, 0.15) is 6.54 Å². The van der Waals surface area contributed by atoms with Gasteiger partial charge < -0.3 is 10.0 Å². The van der Waals surface area contributed by atoms with Gasteiger partial charge in [-0.15, -0.1) is 23.5 Å². The first-order valence-corrected chi connectivity index (χ1v) is 9.91. The van der Waals surface area contributed by atoms with Crippen molar-refractivity contribution >= 4 is 35.4 Å². The molecule has 1 aromatic carbocycles. The third-order valence-electron chi connectivity index (χ3n) is 3.46. The maximum absolute atomic E-state index is 12.6. The zero-order chi connectivity index (χ0) is 16.8. The summed E-state index contributed by atoms with van der Waals surface area (Å²) in [6.45, 7) is 4.14. The highest BCUT2D eigenvalue weighted by atomic mass is 32.2. The molecule has 1 aromatic rings. The van der Waals surface area contributed by atoms with Crippen molar-refractivity contribution in [3.05, 3.63) is 35.4 Å². The number of carboxylic acid groups (broad SMARTS) is 1. The molecule has 0 spiro atoms. The second kappa shape index (κ2) is 8.64. The summed E-state index contributed by atoms with van der Waals surface area (Å²) in [5.41, 5.74) is 1.78. The minimum Gasteiger partial charge on any atom is -0.480 e. The van der Waals surface area contributed by atoms with Gasteiger partial charge in [0.2, 0.25) is 0 Å². The second-order valence-corrected chi connectivity index (χ2v) is 8.75. The second-order valence-electron chi connectivity index (χ2n) is 6.02. The van der Waals surface area contributed by atoms with Crippen molar-refractivity contribution in [2.24, 2.45) is 5.92 Å². The molecule has 23 heavy (non-hydrogen) atoms. The van der Waals surface area contributed by atoms with Crippen molar-refractivity contribution < 1.29 is 14.7 Å². The smallest absolute Gasteiger partial charge is 0.323 e. The third-order valence-corrected chi connectivity index (χ3v) is 6.47. The molecule has 1 aliphatic heterocycles. The Morgan fingerprint density at radius 2 is 1.83 bits per heavy atom. The Morgan fingerprint density at radius 3 is 2.35 bits per heavy atom. The van der Waals surface area contributed by atoms with E-state index in [1.165, 1.54) is 28.4 Å². The monoisotopic (exact) mass is 353 g/mol. The van der Waals surface area contributed by atoms with Crippen LogP contribution in [-0.2, 0) is 4.79 Å². The zero-order valence-electron chi connectivity index (χ0n) is 13.5. The molecule has 1 saturated heterocycles. The number of carboxylic acids is 1. The largest absolute Gasteiger partial charge is 0.480 e. The number of amides is 1. The summed E-state index contributed by atoms with van der Waals surface area (Å²) in [7, 11) is 0. The SMILES string of the molecule is CC(C)CN(CC(=O)O)C(=O)c1ccc(C2SCCCS2)cc1. The van der Waals surface area contributed by atoms with E-state index in [4.69, 9.17) is 5.11 Å². The normalized spacial score (nSPS) is 15.6. The maximum atomic E-state index is 12.6. The molecule has 0 aliphatic carbocycles. The van der Waals surface area contributed by atoms with Crippen molar-refractivity contribution in [2.45, 2.75) is 24.9 Å². The first-order chi connectivity index (χ1) is 11.0. The number of nitrogens with zero attached hydrogens (tertiary/aromatic N) is 1. The lowest BCUT2D eigenvalue weighted by Crippen LogP contribution is -2.38. The molecule has 1 N–H and O–H groups in total. The molecule has 1 amide bonds. The van der Waals surface area contributed by atoms with Crippen molar-refractivity contribution in [3.8, 4) is 0 Å². The number of aliphatic carboxylic acids is 1. The highest BCUT2D eigenvalue weighted by Crippen LogP contribution is 2.43. The minimum absolute atomic E-state index is 0.211. The molecule has 4 nitrogen and oxygen atoms in total. The Bertz CT molecular complexity index is 539. The fourth-order valence-corrected chi connectivity index (χ4v) is 5.36. The molecule has 2 rings (SSSR count). The van der Waals surface area contributed by atoms with Gasteiger partial charge in [0.05, 0.1) is 4.58 Å². The summed E-state index contributed by atoms with van der Waals surface area (Å²) in [6.07, 6.45) is 1.25. The van der Waals surface area contributed by atoms with E-state index in [1.54, 1.807) is 0 Å². The van der Waals surface area contributed by atoms with Gasteiger partial charge in [0.15, 0.2) is 0 Å². The van der Waals surface area contributed by atoms with Crippen molar-refractivity contribution in [3.63, 3.8) is 0 Å². The number of thioether (sulfide) groups is 2. The molecule has 0 aromatic heterocycles. The molecule has 0 radical (unpaired) electrons. The van der Waals surface area contributed by atoms with Gasteiger partial charge in [0.25, 0.3) is 5.91 Å². The number of hydrogen-bond acceptors (Lipinski definition) is 4. The van der Waals surface area contributed by atoms with E-state index < -0.39 is 5.97 Å². The van der Waals surface area contributed by atoms with E-state index in [0.717, 1.165) is 0 Å². The topological polar surface area (TPSA) is 57.6 Å². The van der Waals surface area contributed by atoms with Gasteiger partial charge in [-0.2, -0.15) is 0 Å². The van der Waals surface area contributed by atoms with Gasteiger partial charge in [-0.1, -0.05) is 26.0 Å². The Kier molecular flexibility index (Phi) is 6.84. The van der Waals surface area contributed by atoms with Gasteiger partial charge >= 0.3 is 5.97 Å². The van der Waals surface area contributed by atoms with Crippen molar-refractivity contribution in [2.75, 3.05) is 24.6 Å². The molecule has 0 unspecified atom stereocenters. The van der Waals surface area contributed by atoms with Crippen LogP contribution in [0.2, 0.25) is 0 Å². The summed E-state index contributed by atoms with van der Waals surface area (Å²) in [5, 5.41) is 9.01. The Balaban J connectivity index is 2.09. The molecule has 0 atom stereocenters. The van der Waals surface area contributed by atoms with E-state index >= 15 is 0 Å². The van der Waals surface area contributed by atoms with Gasteiger partial charge in [0, 0.05) is 12.1 Å². The maximum Gasteiger partial charge on any atom is 0.323 e. The van der Waals surface area contributed by atoms with Gasteiger partial charge in [-0.25, -0.2) is 0 Å². The summed E-state index contributed by atoms with van der Waals surface area (Å²) in [4.78, 5) is 25.0. The van der Waals surface area contributed by atoms with E-state index in [-0.39, 0.29) is 18.4 Å². The van der Waals surface area contributed by atoms with E-state index in [1.807, 2.05) is 61.6 Å². The van der Waals surface area contributed by atoms with Gasteiger partial charge in [-0.3, -0.25) is 9.59 Å². The lowest BCUT2D eigenvalue weighted by Gasteiger charge is -2.24. The average Bonchev–Trinajstić information content (AvgIpc) is 2.54. The summed E-state index contributed by atoms with van der Waals surface area (Å²) >= 11 is 3.89. The van der Waals surface area contributed by atoms with Crippen LogP contribution in [0, 0.1) is 5.92 Å². The molecule has 0 saturated carbocycles. The molecular weight excluding hydrogens is 330 g/mol. The number of hydrogen-bond donors (Lipinski definition) is 1. The van der Waals surface area contributed by atoms with Crippen LogP contribution in [-0.4, -0.2) is 46.5 Å². The lowest BCUT2D eigenvalue weighted by atomic mass is 10.1. The number of rotatable bonds is 6. The fourth-order valence-electron chi connectivity index (χ4n) is 2.47. The predicted octanol–water partition coefficient (Wildman–Crippen LogP) is 3.74. The predicted molar refractivity (Wildman–Crippen MR) is 97.1 cm³/mol. The summed E-state index contributed by atoms with van der Waals surface area (Å²) in [6, 6.07) is 7.64. The van der Waals surface area contributed by atoms with E-state index in [2.05, 4.69) is 0 Å². The number of benzene rings is 1. The number of carbonyl (C=O) groups is 2. The Morgan fingerprint density at radius 1 is 1.22 bits per heavy atom. The molecular formula is C17H23NO3S2. The van der Waals surface area contributed by atoms with Crippen molar-refractivity contribution in [1.29, 1.82) is 0 Å². The van der Waals surface area contributed by atoms with Crippen LogP contribution < -0.4 is 0 Å². The van der Waals surface area contributed by atoms with Crippen molar-refractivity contribution in [1.82, 2.24) is 4.90 Å². The van der Waals surface area contributed by atoms with Crippen LogP contribution in [0.5, 0.6) is 0 Å². The lowest BCUT2D eigenvalue weighted by molar-refractivity contribution is -0.137. The van der Waals surface area contributed by atoms with Gasteiger partial charge in [-0.05, 0) is 41.5 Å². The Labute approximate surface area is 146 Å². The molecule has 0 bridgehead atoms. The van der Waals surface area contributed by atoms with E-state index in [0.29, 0.717) is 16.7 Å². The average molecular weight is 354 g/mol. The van der Waals surface area contributed by atoms with Crippen LogP contribution in [0.1, 0.15) is 40.8 Å². The summed E-state index contributed by atoms with van der Waals surface area (Å²) < 4.78 is 0.443. The first-order valence-electron chi connectivity index (χ1n) is 7.81. The molecule has 1 aliphatic rings. The van der Waals surface area contributed by atoms with Crippen LogP contribution in [0.3, 0.4) is 0 Å².